The van der Waals surface area contributed by atoms with Gasteiger partial charge in [-0.2, -0.15) is 0 Å². The van der Waals surface area contributed by atoms with Gasteiger partial charge in [0.05, 0.1) is 0 Å². The van der Waals surface area contributed by atoms with Gasteiger partial charge in [-0.05, 0) is 19.8 Å². The van der Waals surface area contributed by atoms with Crippen LogP contribution < -0.4 is 5.73 Å². The highest BCUT2D eigenvalue weighted by atomic mass is 35.5. The molecule has 13 heavy (non-hydrogen) atoms. The van der Waals surface area contributed by atoms with Crippen LogP contribution in [0.5, 0.6) is 0 Å². The molecule has 74 valence electrons. The molecule has 1 aliphatic carbocycles. The van der Waals surface area contributed by atoms with Crippen molar-refractivity contribution in [2.75, 3.05) is 0 Å². The number of allylic oxidation sites excluding steroid dienone is 2. The number of carbonyl (C=O) groups excluding carboxylic acids is 1. The Balaban J connectivity index is 0.00000144. The summed E-state index contributed by atoms with van der Waals surface area (Å²) in [7, 11) is 0. The molecule has 0 amide bonds. The van der Waals surface area contributed by atoms with Gasteiger partial charge in [0, 0.05) is 12.0 Å². The molecule has 0 aromatic rings. The third kappa shape index (κ3) is 4.25. The molecule has 0 bridgehead atoms. The third-order valence-corrected chi connectivity index (χ3v) is 2.12. The largest absolute Gasteiger partial charge is 0.322 e. The predicted molar refractivity (Wildman–Crippen MR) is 57.0 cm³/mol. The van der Waals surface area contributed by atoms with Crippen LogP contribution in [0, 0.1) is 0 Å². The Morgan fingerprint density at radius 3 is 2.69 bits per heavy atom. The van der Waals surface area contributed by atoms with Gasteiger partial charge in [-0.15, -0.1) is 12.4 Å². The van der Waals surface area contributed by atoms with Crippen molar-refractivity contribution in [2.24, 2.45) is 5.73 Å². The maximum atomic E-state index is 10.7. The molecule has 0 aromatic carbocycles. The minimum absolute atomic E-state index is 0. The maximum absolute atomic E-state index is 10.7. The molecule has 2 nitrogen and oxygen atoms in total. The topological polar surface area (TPSA) is 43.1 Å². The van der Waals surface area contributed by atoms with Crippen molar-refractivity contribution in [1.82, 2.24) is 0 Å². The van der Waals surface area contributed by atoms with Gasteiger partial charge in [0.25, 0.3) is 0 Å². The monoisotopic (exact) mass is 201 g/mol. The molecule has 0 aliphatic heterocycles. The summed E-state index contributed by atoms with van der Waals surface area (Å²) < 4.78 is 0. The average Bonchev–Trinajstić information content (AvgIpc) is 2.03. The van der Waals surface area contributed by atoms with Crippen LogP contribution in [0.4, 0.5) is 0 Å². The van der Waals surface area contributed by atoms with Crippen LogP contribution in [0.25, 0.3) is 0 Å². The lowest BCUT2D eigenvalue weighted by Crippen LogP contribution is -2.38. The average molecular weight is 202 g/mol. The van der Waals surface area contributed by atoms with Crippen LogP contribution in [0.1, 0.15) is 26.2 Å². The summed E-state index contributed by atoms with van der Waals surface area (Å²) in [5.74, 6) is 0.211. The summed E-state index contributed by atoms with van der Waals surface area (Å²) in [4.78, 5) is 10.7. The Hall–Kier alpha value is -0.600. The van der Waals surface area contributed by atoms with Crippen LogP contribution >= 0.6 is 12.4 Å². The number of halogens is 1. The normalized spacial score (nSPS) is 25.4. The molecule has 0 aromatic heterocycles. The van der Waals surface area contributed by atoms with Gasteiger partial charge in [0.1, 0.15) is 5.78 Å². The molecule has 0 saturated carbocycles. The first-order valence-electron chi connectivity index (χ1n) is 4.25. The van der Waals surface area contributed by atoms with Crippen LogP contribution in [0.3, 0.4) is 0 Å². The van der Waals surface area contributed by atoms with Crippen molar-refractivity contribution < 1.29 is 4.79 Å². The van der Waals surface area contributed by atoms with Crippen molar-refractivity contribution in [3.8, 4) is 0 Å². The molecule has 0 heterocycles. The highest BCUT2D eigenvalue weighted by Crippen LogP contribution is 2.20. The molecule has 1 aliphatic rings. The van der Waals surface area contributed by atoms with Crippen molar-refractivity contribution in [2.45, 2.75) is 31.7 Å². The highest BCUT2D eigenvalue weighted by molar-refractivity contribution is 5.85. The first-order chi connectivity index (χ1) is 5.62. The minimum Gasteiger partial charge on any atom is -0.322 e. The quantitative estimate of drug-likeness (QED) is 0.759. The predicted octanol–water partition coefficient (Wildman–Crippen LogP) is 1.99. The van der Waals surface area contributed by atoms with Gasteiger partial charge in [-0.25, -0.2) is 0 Å². The summed E-state index contributed by atoms with van der Waals surface area (Å²) in [5.41, 5.74) is 5.74. The second-order valence-corrected chi connectivity index (χ2v) is 3.43. The molecule has 1 atom stereocenters. The fourth-order valence-corrected chi connectivity index (χ4v) is 1.28. The van der Waals surface area contributed by atoms with Crippen LogP contribution in [0.2, 0.25) is 0 Å². The molecule has 0 fully saturated rings. The Kier molecular flexibility index (Phi) is 4.96. The van der Waals surface area contributed by atoms with Crippen molar-refractivity contribution >= 4 is 18.2 Å². The SMILES string of the molecule is CC(=O)CCC1(N)C=CC=CC1.Cl. The number of hydrogen-bond donors (Lipinski definition) is 1. The minimum atomic E-state index is -0.277. The Morgan fingerprint density at radius 2 is 2.23 bits per heavy atom. The van der Waals surface area contributed by atoms with Crippen molar-refractivity contribution in [3.05, 3.63) is 24.3 Å². The van der Waals surface area contributed by atoms with Crippen LogP contribution in [-0.2, 0) is 4.79 Å². The van der Waals surface area contributed by atoms with Crippen LogP contribution in [0.15, 0.2) is 24.3 Å². The summed E-state index contributed by atoms with van der Waals surface area (Å²) in [6.07, 6.45) is 10.1. The molecular weight excluding hydrogens is 186 g/mol. The molecule has 0 saturated heterocycles. The summed E-state index contributed by atoms with van der Waals surface area (Å²) >= 11 is 0. The molecule has 1 unspecified atom stereocenters. The van der Waals surface area contributed by atoms with E-state index in [-0.39, 0.29) is 23.7 Å². The van der Waals surface area contributed by atoms with Crippen molar-refractivity contribution in [3.63, 3.8) is 0 Å². The summed E-state index contributed by atoms with van der Waals surface area (Å²) in [6, 6.07) is 0. The van der Waals surface area contributed by atoms with Crippen LogP contribution in [-0.4, -0.2) is 11.3 Å². The number of carbonyl (C=O) groups is 1. The van der Waals surface area contributed by atoms with Crippen molar-refractivity contribution in [1.29, 1.82) is 0 Å². The lowest BCUT2D eigenvalue weighted by Gasteiger charge is -2.25. The molecule has 0 radical (unpaired) electrons. The van der Waals surface area contributed by atoms with E-state index in [0.717, 1.165) is 12.8 Å². The fourth-order valence-electron chi connectivity index (χ4n) is 1.28. The zero-order valence-electron chi connectivity index (χ0n) is 7.82. The number of nitrogens with two attached hydrogens (primary N) is 1. The van der Waals surface area contributed by atoms with E-state index in [9.17, 15) is 4.79 Å². The van der Waals surface area contributed by atoms with E-state index in [1.807, 2.05) is 24.3 Å². The zero-order valence-corrected chi connectivity index (χ0v) is 8.64. The molecule has 0 spiro atoms. The van der Waals surface area contributed by atoms with E-state index < -0.39 is 0 Å². The maximum Gasteiger partial charge on any atom is 0.129 e. The van der Waals surface area contributed by atoms with Gasteiger partial charge < -0.3 is 10.5 Å². The first-order valence-corrected chi connectivity index (χ1v) is 4.25. The first kappa shape index (κ1) is 12.4. The number of rotatable bonds is 3. The fraction of sp³-hybridized carbons (Fsp3) is 0.500. The van der Waals surface area contributed by atoms with E-state index in [2.05, 4.69) is 0 Å². The zero-order chi connectivity index (χ0) is 9.03. The highest BCUT2D eigenvalue weighted by Gasteiger charge is 2.21. The Labute approximate surface area is 85.3 Å². The number of Topliss-reactive ketones (excluding diaryl/α,β-unsaturated/α-hetero) is 1. The summed E-state index contributed by atoms with van der Waals surface area (Å²) in [6.45, 7) is 1.60. The third-order valence-electron chi connectivity index (χ3n) is 2.12. The van der Waals surface area contributed by atoms with Gasteiger partial charge >= 0.3 is 0 Å². The van der Waals surface area contributed by atoms with Gasteiger partial charge in [-0.1, -0.05) is 24.3 Å². The molecule has 2 N–H and O–H groups in total. The lowest BCUT2D eigenvalue weighted by molar-refractivity contribution is -0.117. The van der Waals surface area contributed by atoms with E-state index >= 15 is 0 Å². The molecule has 3 heteroatoms. The number of ketones is 1. The smallest absolute Gasteiger partial charge is 0.129 e. The van der Waals surface area contributed by atoms with Gasteiger partial charge in [0.15, 0.2) is 0 Å². The Bertz CT molecular complexity index is 235. The van der Waals surface area contributed by atoms with Gasteiger partial charge in [0.2, 0.25) is 0 Å². The lowest BCUT2D eigenvalue weighted by atomic mass is 9.87. The standard InChI is InChI=1S/C10H15NO.ClH/c1-9(12)5-8-10(11)6-3-2-4-7-10;/h2-4,6H,5,7-8,11H2,1H3;1H. The van der Waals surface area contributed by atoms with Gasteiger partial charge in [-0.3, -0.25) is 0 Å². The van der Waals surface area contributed by atoms with E-state index in [1.54, 1.807) is 6.92 Å². The Morgan fingerprint density at radius 1 is 1.54 bits per heavy atom. The molecule has 1 rings (SSSR count). The summed E-state index contributed by atoms with van der Waals surface area (Å²) in [5, 5.41) is 0. The second-order valence-electron chi connectivity index (χ2n) is 3.43. The van der Waals surface area contributed by atoms with E-state index in [1.165, 1.54) is 0 Å². The second kappa shape index (κ2) is 5.20. The molecular formula is C10H16ClNO. The van der Waals surface area contributed by atoms with E-state index in [4.69, 9.17) is 5.73 Å². The van der Waals surface area contributed by atoms with E-state index in [0.29, 0.717) is 6.42 Å². The number of hydrogen-bond acceptors (Lipinski definition) is 2.